The van der Waals surface area contributed by atoms with Crippen LogP contribution >= 0.6 is 11.6 Å². The van der Waals surface area contributed by atoms with Crippen molar-refractivity contribution in [3.8, 4) is 17.4 Å². The minimum Gasteiger partial charge on any atom is -0.497 e. The van der Waals surface area contributed by atoms with E-state index in [2.05, 4.69) is 14.6 Å². The second-order valence-electron chi connectivity index (χ2n) is 12.8. The van der Waals surface area contributed by atoms with E-state index in [0.29, 0.717) is 37.6 Å². The Labute approximate surface area is 307 Å². The monoisotopic (exact) mass is 785 g/mol. The van der Waals surface area contributed by atoms with Gasteiger partial charge in [0.05, 0.1) is 44.0 Å². The molecule has 1 aromatic heterocycles. The number of amides is 2. The van der Waals surface area contributed by atoms with Crippen LogP contribution in [-0.4, -0.2) is 110 Å². The maximum Gasteiger partial charge on any atom is 0.573 e. The number of carbonyl (C=O) groups is 2. The molecular weight excluding hydrogens is 750 g/mol. The quantitative estimate of drug-likeness (QED) is 0.169. The molecule has 2 amide bonds. The fourth-order valence-electron chi connectivity index (χ4n) is 7.49. The molecule has 2 aromatic carbocycles. The predicted octanol–water partition coefficient (Wildman–Crippen LogP) is 5.41. The molecule has 0 spiro atoms. The number of sulfonamides is 1. The highest BCUT2D eigenvalue weighted by Crippen LogP contribution is 2.52. The first-order valence-corrected chi connectivity index (χ1v) is 18.4. The number of alkyl halides is 4. The third kappa shape index (κ3) is 7.28. The minimum absolute atomic E-state index is 0.0776. The van der Waals surface area contributed by atoms with E-state index in [9.17, 15) is 36.3 Å². The summed E-state index contributed by atoms with van der Waals surface area (Å²) in [5, 5.41) is 10.7. The van der Waals surface area contributed by atoms with E-state index in [1.165, 1.54) is 12.3 Å². The molecule has 0 radical (unpaired) electrons. The van der Waals surface area contributed by atoms with Crippen LogP contribution in [0.4, 0.5) is 28.0 Å². The number of piperazine rings is 1. The Bertz CT molecular complexity index is 1980. The first kappa shape index (κ1) is 38.3. The number of hydrogen-bond donors (Lipinski definition) is 1. The second kappa shape index (κ2) is 14.8. The molecule has 1 N–H and O–H groups in total. The van der Waals surface area contributed by atoms with Crippen molar-refractivity contribution in [2.75, 3.05) is 44.7 Å². The molecule has 0 saturated carbocycles. The van der Waals surface area contributed by atoms with Crippen LogP contribution < -0.4 is 18.5 Å². The number of anilines is 1. The number of pyridine rings is 1. The third-order valence-electron chi connectivity index (χ3n) is 9.68. The van der Waals surface area contributed by atoms with E-state index in [1.807, 2.05) is 11.9 Å². The maximum absolute atomic E-state index is 15.0. The van der Waals surface area contributed by atoms with Crippen molar-refractivity contribution < 1.29 is 54.9 Å². The second-order valence-corrected chi connectivity index (χ2v) is 15.0. The first-order valence-electron chi connectivity index (χ1n) is 16.6. The molecule has 0 bridgehead atoms. The molecule has 6 rings (SSSR count). The predicted molar refractivity (Wildman–Crippen MR) is 182 cm³/mol. The molecule has 19 heteroatoms. The number of nitrogens with zero attached hydrogens (tertiary/aromatic N) is 5. The SMILES string of the molecule is CCOc1ncccc1C1C(C2C(=O)N(S(=O)(=O)c3ccc(OC)cc3OC(F)(F)F)c3cc(F)ccc32)N(C(=O)O)CC(Cl)N1C1CCN(C)CC1. The summed E-state index contributed by atoms with van der Waals surface area (Å²) in [5.41, 5.74) is -1.15. The Balaban J connectivity index is 1.57. The molecule has 2 fully saturated rings. The summed E-state index contributed by atoms with van der Waals surface area (Å²) >= 11 is 7.06. The van der Waals surface area contributed by atoms with E-state index < -0.39 is 74.0 Å². The average molecular weight is 786 g/mol. The van der Waals surface area contributed by atoms with Crippen molar-refractivity contribution in [1.82, 2.24) is 19.7 Å². The van der Waals surface area contributed by atoms with Gasteiger partial charge < -0.3 is 24.2 Å². The molecule has 3 aliphatic rings. The summed E-state index contributed by atoms with van der Waals surface area (Å²) in [6.45, 7) is 2.93. The molecule has 2 saturated heterocycles. The van der Waals surface area contributed by atoms with Gasteiger partial charge in [-0.1, -0.05) is 12.1 Å². The van der Waals surface area contributed by atoms with Gasteiger partial charge in [-0.25, -0.2) is 26.9 Å². The Hall–Kier alpha value is -4.39. The number of hydrogen-bond acceptors (Lipinski definition) is 10. The fourth-order valence-corrected chi connectivity index (χ4v) is 9.48. The highest BCUT2D eigenvalue weighted by molar-refractivity contribution is 7.93. The number of likely N-dealkylation sites (tertiary alicyclic amines) is 1. The van der Waals surface area contributed by atoms with E-state index >= 15 is 4.39 Å². The standard InChI is InChI=1S/C34H36ClF4N5O8S/c1-4-51-31-23(6-5-13-40-31)29-30(42(33(46)47)18-27(35)43(29)20-11-14-41(2)15-12-20)28-22-9-7-19(36)16-24(22)44(32(28)45)53(48,49)26-10-8-21(50-3)17-25(26)52-34(37,38)39/h5-10,13,16-17,20,27-30H,4,11-12,14-15,18H2,1-3H3,(H,46,47). The zero-order chi connectivity index (χ0) is 38.4. The summed E-state index contributed by atoms with van der Waals surface area (Å²) in [6.07, 6.45) is -4.14. The summed E-state index contributed by atoms with van der Waals surface area (Å²) < 4.78 is 99.8. The number of piperidine rings is 1. The van der Waals surface area contributed by atoms with Gasteiger partial charge in [0.2, 0.25) is 5.88 Å². The van der Waals surface area contributed by atoms with Gasteiger partial charge >= 0.3 is 12.5 Å². The normalized spacial score (nSPS) is 23.2. The lowest BCUT2D eigenvalue weighted by molar-refractivity contribution is -0.275. The Morgan fingerprint density at radius 1 is 1.09 bits per heavy atom. The molecule has 53 heavy (non-hydrogen) atoms. The topological polar surface area (TPSA) is 142 Å². The van der Waals surface area contributed by atoms with E-state index in [-0.39, 0.29) is 40.7 Å². The summed E-state index contributed by atoms with van der Waals surface area (Å²) in [4.78, 5) is 36.3. The van der Waals surface area contributed by atoms with E-state index in [1.54, 1.807) is 19.1 Å². The molecule has 13 nitrogen and oxygen atoms in total. The smallest absolute Gasteiger partial charge is 0.497 e. The number of aromatic nitrogens is 1. The van der Waals surface area contributed by atoms with Gasteiger partial charge in [-0.05, 0) is 75.8 Å². The molecule has 4 unspecified atom stereocenters. The number of rotatable bonds is 9. The molecule has 3 aliphatic heterocycles. The first-order chi connectivity index (χ1) is 25.1. The van der Waals surface area contributed by atoms with Gasteiger partial charge in [-0.2, -0.15) is 0 Å². The lowest BCUT2D eigenvalue weighted by Crippen LogP contribution is -2.65. The highest BCUT2D eigenvalue weighted by atomic mass is 35.5. The van der Waals surface area contributed by atoms with Crippen LogP contribution in [0.1, 0.15) is 42.9 Å². The van der Waals surface area contributed by atoms with Gasteiger partial charge in [0, 0.05) is 23.9 Å². The third-order valence-corrected chi connectivity index (χ3v) is 11.8. The average Bonchev–Trinajstić information content (AvgIpc) is 3.38. The number of fused-ring (bicyclic) bond motifs is 1. The van der Waals surface area contributed by atoms with Crippen molar-refractivity contribution in [1.29, 1.82) is 0 Å². The summed E-state index contributed by atoms with van der Waals surface area (Å²) in [5.74, 6) is -5.11. The molecule has 286 valence electrons. The molecule has 4 atom stereocenters. The lowest BCUT2D eigenvalue weighted by atomic mass is 9.80. The highest BCUT2D eigenvalue weighted by Gasteiger charge is 2.57. The van der Waals surface area contributed by atoms with Crippen molar-refractivity contribution in [2.24, 2.45) is 0 Å². The number of carbonyl (C=O) groups excluding carboxylic acids is 1. The summed E-state index contributed by atoms with van der Waals surface area (Å²) in [6, 6.07) is 5.94. The van der Waals surface area contributed by atoms with Gasteiger partial charge in [0.25, 0.3) is 15.9 Å². The van der Waals surface area contributed by atoms with Gasteiger partial charge in [-0.15, -0.1) is 24.8 Å². The lowest BCUT2D eigenvalue weighted by Gasteiger charge is -2.54. The van der Waals surface area contributed by atoms with Crippen LogP contribution in [-0.2, 0) is 14.8 Å². The van der Waals surface area contributed by atoms with Crippen molar-refractivity contribution in [3.05, 3.63) is 71.7 Å². The number of carboxylic acid groups (broad SMARTS) is 1. The van der Waals surface area contributed by atoms with Gasteiger partial charge in [0.1, 0.15) is 22.0 Å². The zero-order valence-electron chi connectivity index (χ0n) is 28.7. The van der Waals surface area contributed by atoms with Crippen molar-refractivity contribution >= 4 is 39.3 Å². The Kier molecular flexibility index (Phi) is 10.7. The van der Waals surface area contributed by atoms with Crippen molar-refractivity contribution in [2.45, 2.75) is 60.6 Å². The fraction of sp³-hybridized carbons (Fsp3) is 0.441. The van der Waals surface area contributed by atoms with E-state index in [0.717, 1.165) is 36.3 Å². The maximum atomic E-state index is 15.0. The van der Waals surface area contributed by atoms with Crippen LogP contribution in [0.15, 0.2) is 59.6 Å². The number of ether oxygens (including phenoxy) is 3. The number of benzene rings is 2. The Morgan fingerprint density at radius 2 is 1.81 bits per heavy atom. The molecule has 3 aromatic rings. The van der Waals surface area contributed by atoms with Crippen LogP contribution in [0.25, 0.3) is 0 Å². The van der Waals surface area contributed by atoms with Crippen LogP contribution in [0.5, 0.6) is 17.4 Å². The Morgan fingerprint density at radius 3 is 2.45 bits per heavy atom. The summed E-state index contributed by atoms with van der Waals surface area (Å²) in [7, 11) is -2.22. The van der Waals surface area contributed by atoms with Gasteiger partial charge in [0.15, 0.2) is 5.75 Å². The minimum atomic E-state index is -5.35. The zero-order valence-corrected chi connectivity index (χ0v) is 30.2. The van der Waals surface area contributed by atoms with Crippen LogP contribution in [0.3, 0.4) is 0 Å². The molecule has 0 aliphatic carbocycles. The number of methoxy groups -OCH3 is 1. The van der Waals surface area contributed by atoms with Crippen molar-refractivity contribution in [3.63, 3.8) is 0 Å². The largest absolute Gasteiger partial charge is 0.573 e. The molecular formula is C34H36ClF4N5O8S. The number of halogens is 5. The molecule has 4 heterocycles. The van der Waals surface area contributed by atoms with Crippen LogP contribution in [0.2, 0.25) is 0 Å². The van der Waals surface area contributed by atoms with E-state index in [4.69, 9.17) is 21.1 Å². The van der Waals surface area contributed by atoms with Crippen LogP contribution in [0, 0.1) is 5.82 Å². The van der Waals surface area contributed by atoms with Gasteiger partial charge in [-0.3, -0.25) is 14.6 Å².